The van der Waals surface area contributed by atoms with E-state index in [0.29, 0.717) is 29.7 Å². The lowest BCUT2D eigenvalue weighted by molar-refractivity contribution is -0.141. The van der Waals surface area contributed by atoms with Gasteiger partial charge in [-0.3, -0.25) is 4.79 Å². The van der Waals surface area contributed by atoms with Crippen LogP contribution in [0.15, 0.2) is 54.6 Å². The predicted molar refractivity (Wildman–Crippen MR) is 122 cm³/mol. The molecular formula is C26H27ClO3. The van der Waals surface area contributed by atoms with E-state index in [0.717, 1.165) is 22.1 Å². The molecule has 3 nitrogen and oxygen atoms in total. The molecule has 0 spiro atoms. The van der Waals surface area contributed by atoms with Crippen LogP contribution in [0, 0.1) is 11.8 Å². The zero-order valence-electron chi connectivity index (χ0n) is 17.2. The van der Waals surface area contributed by atoms with E-state index in [1.807, 2.05) is 24.3 Å². The Bertz CT molecular complexity index is 1050. The Balaban J connectivity index is 1.74. The Morgan fingerprint density at radius 2 is 1.83 bits per heavy atom. The highest BCUT2D eigenvalue weighted by molar-refractivity contribution is 6.32. The molecule has 0 aromatic heterocycles. The second kappa shape index (κ2) is 9.09. The summed E-state index contributed by atoms with van der Waals surface area (Å²) in [6.45, 7) is 2.39. The van der Waals surface area contributed by atoms with Crippen LogP contribution in [-0.2, 0) is 11.2 Å². The molecule has 1 atom stereocenters. The predicted octanol–water partition coefficient (Wildman–Crippen LogP) is 6.99. The largest absolute Gasteiger partial charge is 0.491 e. The number of carboxylic acids is 1. The minimum Gasteiger partial charge on any atom is -0.491 e. The summed E-state index contributed by atoms with van der Waals surface area (Å²) in [6.07, 6.45) is 5.38. The van der Waals surface area contributed by atoms with Gasteiger partial charge < -0.3 is 9.84 Å². The molecule has 1 unspecified atom stereocenters. The van der Waals surface area contributed by atoms with Crippen molar-refractivity contribution in [1.82, 2.24) is 0 Å². The Labute approximate surface area is 182 Å². The van der Waals surface area contributed by atoms with E-state index in [1.54, 1.807) is 6.92 Å². The molecule has 156 valence electrons. The SMILES string of the molecule is CC(Cc1cc(Cl)c(OCC2CCCC2)c(-c2ccc3ccccc3c2)c1)C(=O)O. The number of aliphatic carboxylic acids is 1. The minimum absolute atomic E-state index is 0.429. The second-order valence-electron chi connectivity index (χ2n) is 8.42. The maximum Gasteiger partial charge on any atom is 0.306 e. The molecule has 0 radical (unpaired) electrons. The molecule has 0 bridgehead atoms. The molecule has 1 fully saturated rings. The highest BCUT2D eigenvalue weighted by Crippen LogP contribution is 2.40. The maximum absolute atomic E-state index is 11.3. The van der Waals surface area contributed by atoms with Crippen molar-refractivity contribution in [2.75, 3.05) is 6.61 Å². The van der Waals surface area contributed by atoms with Crippen LogP contribution in [0.1, 0.15) is 38.2 Å². The van der Waals surface area contributed by atoms with Crippen LogP contribution in [0.4, 0.5) is 0 Å². The van der Waals surface area contributed by atoms with Gasteiger partial charge in [0.15, 0.2) is 0 Å². The topological polar surface area (TPSA) is 46.5 Å². The van der Waals surface area contributed by atoms with Gasteiger partial charge in [-0.15, -0.1) is 0 Å². The average Bonchev–Trinajstić information content (AvgIpc) is 3.26. The van der Waals surface area contributed by atoms with Gasteiger partial charge in [0.1, 0.15) is 5.75 Å². The lowest BCUT2D eigenvalue weighted by Gasteiger charge is -2.19. The van der Waals surface area contributed by atoms with Crippen molar-refractivity contribution in [3.8, 4) is 16.9 Å². The number of halogens is 1. The summed E-state index contributed by atoms with van der Waals surface area (Å²) in [4.78, 5) is 11.3. The van der Waals surface area contributed by atoms with Gasteiger partial charge in [-0.05, 0) is 65.3 Å². The van der Waals surface area contributed by atoms with Crippen LogP contribution >= 0.6 is 11.6 Å². The van der Waals surface area contributed by atoms with E-state index in [2.05, 4.69) is 30.3 Å². The average molecular weight is 423 g/mol. The molecule has 3 aromatic rings. The van der Waals surface area contributed by atoms with E-state index >= 15 is 0 Å². The Morgan fingerprint density at radius 1 is 1.10 bits per heavy atom. The monoisotopic (exact) mass is 422 g/mol. The standard InChI is InChI=1S/C26H27ClO3/c1-17(26(28)29)12-19-13-23(22-11-10-20-8-4-5-9-21(20)15-22)25(24(27)14-19)30-16-18-6-2-3-7-18/h4-5,8-11,13-15,17-18H,2-3,6-7,12,16H2,1H3,(H,28,29). The van der Waals surface area contributed by atoms with Crippen LogP contribution in [0.25, 0.3) is 21.9 Å². The molecule has 0 heterocycles. The number of carboxylic acid groups (broad SMARTS) is 1. The number of rotatable bonds is 7. The maximum atomic E-state index is 11.3. The van der Waals surface area contributed by atoms with E-state index in [4.69, 9.17) is 16.3 Å². The smallest absolute Gasteiger partial charge is 0.306 e. The van der Waals surface area contributed by atoms with Gasteiger partial charge >= 0.3 is 5.97 Å². The quantitative estimate of drug-likeness (QED) is 0.446. The molecule has 3 aromatic carbocycles. The summed E-state index contributed by atoms with van der Waals surface area (Å²) >= 11 is 6.68. The van der Waals surface area contributed by atoms with Crippen molar-refractivity contribution in [2.45, 2.75) is 39.0 Å². The summed E-state index contributed by atoms with van der Waals surface area (Å²) in [5.41, 5.74) is 2.87. The highest BCUT2D eigenvalue weighted by Gasteiger charge is 2.20. The fourth-order valence-electron chi connectivity index (χ4n) is 4.30. The van der Waals surface area contributed by atoms with Crippen molar-refractivity contribution in [2.24, 2.45) is 11.8 Å². The molecule has 1 aliphatic rings. The first-order chi connectivity index (χ1) is 14.5. The zero-order valence-corrected chi connectivity index (χ0v) is 18.0. The molecule has 1 aliphatic carbocycles. The first-order valence-electron chi connectivity index (χ1n) is 10.7. The second-order valence-corrected chi connectivity index (χ2v) is 8.83. The van der Waals surface area contributed by atoms with Gasteiger partial charge in [-0.2, -0.15) is 0 Å². The van der Waals surface area contributed by atoms with Gasteiger partial charge in [0.25, 0.3) is 0 Å². The van der Waals surface area contributed by atoms with Crippen molar-refractivity contribution >= 4 is 28.3 Å². The molecule has 0 amide bonds. The molecule has 4 rings (SSSR count). The Hall–Kier alpha value is -2.52. The zero-order chi connectivity index (χ0) is 21.1. The first-order valence-corrected chi connectivity index (χ1v) is 11.1. The van der Waals surface area contributed by atoms with Gasteiger partial charge in [-0.1, -0.05) is 67.8 Å². The number of carbonyl (C=O) groups is 1. The Morgan fingerprint density at radius 3 is 2.57 bits per heavy atom. The van der Waals surface area contributed by atoms with Crippen molar-refractivity contribution in [3.05, 3.63) is 65.2 Å². The van der Waals surface area contributed by atoms with Gasteiger partial charge in [0.2, 0.25) is 0 Å². The molecule has 1 N–H and O–H groups in total. The molecule has 1 saturated carbocycles. The van der Waals surface area contributed by atoms with Crippen molar-refractivity contribution < 1.29 is 14.6 Å². The number of hydrogen-bond donors (Lipinski definition) is 1. The number of fused-ring (bicyclic) bond motifs is 1. The number of ether oxygens (including phenoxy) is 1. The van der Waals surface area contributed by atoms with Crippen molar-refractivity contribution in [3.63, 3.8) is 0 Å². The lowest BCUT2D eigenvalue weighted by atomic mass is 9.95. The van der Waals surface area contributed by atoms with Crippen LogP contribution in [0.3, 0.4) is 0 Å². The summed E-state index contributed by atoms with van der Waals surface area (Å²) < 4.78 is 6.28. The van der Waals surface area contributed by atoms with E-state index in [9.17, 15) is 9.90 Å². The lowest BCUT2D eigenvalue weighted by Crippen LogP contribution is -2.13. The van der Waals surface area contributed by atoms with Crippen molar-refractivity contribution in [1.29, 1.82) is 0 Å². The van der Waals surface area contributed by atoms with Crippen LogP contribution in [0.2, 0.25) is 5.02 Å². The number of hydrogen-bond acceptors (Lipinski definition) is 2. The summed E-state index contributed by atoms with van der Waals surface area (Å²) in [5.74, 6) is -0.00137. The minimum atomic E-state index is -0.806. The fourth-order valence-corrected chi connectivity index (χ4v) is 4.60. The van der Waals surface area contributed by atoms with Gasteiger partial charge in [0.05, 0.1) is 17.5 Å². The van der Waals surface area contributed by atoms with E-state index in [-0.39, 0.29) is 0 Å². The number of benzene rings is 3. The Kier molecular flexibility index (Phi) is 6.29. The van der Waals surface area contributed by atoms with Gasteiger partial charge in [0, 0.05) is 5.56 Å². The van der Waals surface area contributed by atoms with E-state index in [1.165, 1.54) is 31.1 Å². The van der Waals surface area contributed by atoms with E-state index < -0.39 is 11.9 Å². The third kappa shape index (κ3) is 4.62. The third-order valence-corrected chi connectivity index (χ3v) is 6.35. The summed E-state index contributed by atoms with van der Waals surface area (Å²) in [5, 5.41) is 12.2. The fraction of sp³-hybridized carbons (Fsp3) is 0.346. The molecule has 0 aliphatic heterocycles. The molecular weight excluding hydrogens is 396 g/mol. The molecule has 4 heteroatoms. The first kappa shape index (κ1) is 20.7. The van der Waals surface area contributed by atoms with Crippen LogP contribution < -0.4 is 4.74 Å². The van der Waals surface area contributed by atoms with Gasteiger partial charge in [-0.25, -0.2) is 0 Å². The third-order valence-electron chi connectivity index (χ3n) is 6.07. The summed E-state index contributed by atoms with van der Waals surface area (Å²) in [6, 6.07) is 18.5. The molecule has 30 heavy (non-hydrogen) atoms. The summed E-state index contributed by atoms with van der Waals surface area (Å²) in [7, 11) is 0. The normalized spacial score (nSPS) is 15.4. The van der Waals surface area contributed by atoms with Crippen LogP contribution in [0.5, 0.6) is 5.75 Å². The molecule has 0 saturated heterocycles. The van der Waals surface area contributed by atoms with Crippen LogP contribution in [-0.4, -0.2) is 17.7 Å². The highest BCUT2D eigenvalue weighted by atomic mass is 35.5.